The van der Waals surface area contributed by atoms with E-state index in [1.165, 1.54) is 0 Å². The van der Waals surface area contributed by atoms with Crippen molar-refractivity contribution in [2.45, 2.75) is 20.8 Å². The molecular formula is C12H20N2O. The first-order valence-electron chi connectivity index (χ1n) is 5.16. The molecule has 0 atom stereocenters. The van der Waals surface area contributed by atoms with Gasteiger partial charge in [0.1, 0.15) is 0 Å². The monoisotopic (exact) mass is 208 g/mol. The number of rotatable bonds is 4. The third-order valence-electron chi connectivity index (χ3n) is 2.48. The van der Waals surface area contributed by atoms with Crippen LogP contribution in [0.3, 0.4) is 0 Å². The number of aryl methyl sites for hydroxylation is 1. The first-order valence-corrected chi connectivity index (χ1v) is 5.16. The second-order valence-electron chi connectivity index (χ2n) is 4.72. The molecule has 0 aliphatic heterocycles. The summed E-state index contributed by atoms with van der Waals surface area (Å²) in [5, 5.41) is 12.4. The predicted molar refractivity (Wildman–Crippen MR) is 64.9 cm³/mol. The zero-order valence-electron chi connectivity index (χ0n) is 9.67. The highest BCUT2D eigenvalue weighted by molar-refractivity contribution is 5.69. The Bertz CT molecular complexity index is 314. The summed E-state index contributed by atoms with van der Waals surface area (Å²) in [5.41, 5.74) is 8.59. The third kappa shape index (κ3) is 3.13. The SMILES string of the molecule is Cc1cccc(N)c1NCC(C)(C)CO. The smallest absolute Gasteiger partial charge is 0.0603 e. The van der Waals surface area contributed by atoms with Gasteiger partial charge in [0.05, 0.1) is 11.4 Å². The van der Waals surface area contributed by atoms with Gasteiger partial charge in [0.2, 0.25) is 0 Å². The normalized spacial score (nSPS) is 11.5. The fourth-order valence-electron chi connectivity index (χ4n) is 1.32. The van der Waals surface area contributed by atoms with Crippen molar-refractivity contribution in [3.05, 3.63) is 23.8 Å². The van der Waals surface area contributed by atoms with E-state index in [1.807, 2.05) is 39.0 Å². The molecule has 0 saturated heterocycles. The summed E-state index contributed by atoms with van der Waals surface area (Å²) < 4.78 is 0. The van der Waals surface area contributed by atoms with Gasteiger partial charge in [0, 0.05) is 18.6 Å². The number of nitrogens with one attached hydrogen (secondary N) is 1. The molecule has 1 rings (SSSR count). The highest BCUT2D eigenvalue weighted by Gasteiger charge is 2.16. The van der Waals surface area contributed by atoms with Gasteiger partial charge in [-0.25, -0.2) is 0 Å². The molecule has 0 saturated carbocycles. The van der Waals surface area contributed by atoms with Crippen LogP contribution in [0.4, 0.5) is 11.4 Å². The van der Waals surface area contributed by atoms with Crippen LogP contribution in [0.1, 0.15) is 19.4 Å². The van der Waals surface area contributed by atoms with Crippen LogP contribution in [0.25, 0.3) is 0 Å². The Labute approximate surface area is 91.3 Å². The van der Waals surface area contributed by atoms with Crippen LogP contribution in [0.2, 0.25) is 0 Å². The van der Waals surface area contributed by atoms with Crippen LogP contribution in [0.5, 0.6) is 0 Å². The number of benzene rings is 1. The van der Waals surface area contributed by atoms with Gasteiger partial charge in [-0.1, -0.05) is 26.0 Å². The van der Waals surface area contributed by atoms with Crippen LogP contribution in [-0.4, -0.2) is 18.3 Å². The van der Waals surface area contributed by atoms with Crippen molar-refractivity contribution in [2.75, 3.05) is 24.2 Å². The van der Waals surface area contributed by atoms with Gasteiger partial charge in [-0.3, -0.25) is 0 Å². The van der Waals surface area contributed by atoms with Crippen molar-refractivity contribution in [1.29, 1.82) is 0 Å². The molecule has 3 nitrogen and oxygen atoms in total. The summed E-state index contributed by atoms with van der Waals surface area (Å²) in [5.74, 6) is 0. The molecule has 15 heavy (non-hydrogen) atoms. The molecule has 4 N–H and O–H groups in total. The predicted octanol–water partition coefficient (Wildman–Crippen LogP) is 2.01. The second-order valence-corrected chi connectivity index (χ2v) is 4.72. The van der Waals surface area contributed by atoms with E-state index in [0.717, 1.165) is 16.9 Å². The average molecular weight is 208 g/mol. The van der Waals surface area contributed by atoms with E-state index < -0.39 is 0 Å². The van der Waals surface area contributed by atoms with Crippen LogP contribution in [0.15, 0.2) is 18.2 Å². The number of aliphatic hydroxyl groups excluding tert-OH is 1. The third-order valence-corrected chi connectivity index (χ3v) is 2.48. The summed E-state index contributed by atoms with van der Waals surface area (Å²) in [6, 6.07) is 5.83. The molecule has 0 aromatic heterocycles. The largest absolute Gasteiger partial charge is 0.397 e. The van der Waals surface area contributed by atoms with E-state index in [0.29, 0.717) is 6.54 Å². The molecule has 0 radical (unpaired) electrons. The van der Waals surface area contributed by atoms with Gasteiger partial charge in [-0.2, -0.15) is 0 Å². The quantitative estimate of drug-likeness (QED) is 0.663. The van der Waals surface area contributed by atoms with Gasteiger partial charge in [0.25, 0.3) is 0 Å². The summed E-state index contributed by atoms with van der Waals surface area (Å²) in [6.45, 7) is 6.90. The Kier molecular flexibility index (Phi) is 3.58. The molecule has 0 aliphatic carbocycles. The van der Waals surface area contributed by atoms with E-state index in [1.54, 1.807) is 0 Å². The lowest BCUT2D eigenvalue weighted by Gasteiger charge is -2.23. The summed E-state index contributed by atoms with van der Waals surface area (Å²) in [4.78, 5) is 0. The van der Waals surface area contributed by atoms with Crippen LogP contribution < -0.4 is 11.1 Å². The molecule has 0 spiro atoms. The lowest BCUT2D eigenvalue weighted by atomic mass is 9.94. The molecule has 84 valence electrons. The van der Waals surface area contributed by atoms with Crippen molar-refractivity contribution in [3.8, 4) is 0 Å². The van der Waals surface area contributed by atoms with Crippen molar-refractivity contribution in [3.63, 3.8) is 0 Å². The van der Waals surface area contributed by atoms with Crippen molar-refractivity contribution in [1.82, 2.24) is 0 Å². The van der Waals surface area contributed by atoms with Crippen LogP contribution >= 0.6 is 0 Å². The van der Waals surface area contributed by atoms with Crippen LogP contribution in [-0.2, 0) is 0 Å². The van der Waals surface area contributed by atoms with Gasteiger partial charge in [-0.05, 0) is 18.6 Å². The molecule has 0 bridgehead atoms. The lowest BCUT2D eigenvalue weighted by Crippen LogP contribution is -2.27. The molecule has 1 aromatic carbocycles. The first kappa shape index (κ1) is 11.9. The van der Waals surface area contributed by atoms with Crippen molar-refractivity contribution < 1.29 is 5.11 Å². The first-order chi connectivity index (χ1) is 6.96. The Morgan fingerprint density at radius 2 is 2.07 bits per heavy atom. The van der Waals surface area contributed by atoms with E-state index in [2.05, 4.69) is 5.32 Å². The molecular weight excluding hydrogens is 188 g/mol. The second kappa shape index (κ2) is 4.53. The Hall–Kier alpha value is -1.22. The number of nitrogens with two attached hydrogens (primary N) is 1. The van der Waals surface area contributed by atoms with E-state index >= 15 is 0 Å². The van der Waals surface area contributed by atoms with E-state index in [-0.39, 0.29) is 12.0 Å². The molecule has 0 fully saturated rings. The minimum atomic E-state index is -0.130. The number of hydrogen-bond donors (Lipinski definition) is 3. The zero-order valence-corrected chi connectivity index (χ0v) is 9.67. The molecule has 1 aromatic rings. The standard InChI is InChI=1S/C12H20N2O/c1-9-5-4-6-10(13)11(9)14-7-12(2,3)8-15/h4-6,14-15H,7-8,13H2,1-3H3. The van der Waals surface area contributed by atoms with Crippen molar-refractivity contribution >= 4 is 11.4 Å². The Morgan fingerprint density at radius 1 is 1.40 bits per heavy atom. The maximum Gasteiger partial charge on any atom is 0.0603 e. The summed E-state index contributed by atoms with van der Waals surface area (Å²) >= 11 is 0. The highest BCUT2D eigenvalue weighted by atomic mass is 16.3. The molecule has 0 unspecified atom stereocenters. The summed E-state index contributed by atoms with van der Waals surface area (Å²) in [7, 11) is 0. The van der Waals surface area contributed by atoms with Gasteiger partial charge < -0.3 is 16.2 Å². The molecule has 0 heterocycles. The lowest BCUT2D eigenvalue weighted by molar-refractivity contribution is 0.171. The molecule has 3 heteroatoms. The molecule has 0 aliphatic rings. The van der Waals surface area contributed by atoms with Gasteiger partial charge in [0.15, 0.2) is 0 Å². The zero-order chi connectivity index (χ0) is 11.5. The van der Waals surface area contributed by atoms with Crippen LogP contribution in [0, 0.1) is 12.3 Å². The highest BCUT2D eigenvalue weighted by Crippen LogP contribution is 2.24. The van der Waals surface area contributed by atoms with E-state index in [4.69, 9.17) is 10.8 Å². The van der Waals surface area contributed by atoms with Gasteiger partial charge >= 0.3 is 0 Å². The summed E-state index contributed by atoms with van der Waals surface area (Å²) in [6.07, 6.45) is 0. The Morgan fingerprint density at radius 3 is 2.60 bits per heavy atom. The number of anilines is 2. The maximum absolute atomic E-state index is 9.14. The number of nitrogen functional groups attached to an aromatic ring is 1. The number of aliphatic hydroxyl groups is 1. The van der Waals surface area contributed by atoms with Gasteiger partial charge in [-0.15, -0.1) is 0 Å². The number of para-hydroxylation sites is 1. The topological polar surface area (TPSA) is 58.3 Å². The van der Waals surface area contributed by atoms with E-state index in [9.17, 15) is 0 Å². The van der Waals surface area contributed by atoms with Crippen molar-refractivity contribution in [2.24, 2.45) is 5.41 Å². The average Bonchev–Trinajstić information content (AvgIpc) is 2.17. The minimum Gasteiger partial charge on any atom is -0.397 e. The molecule has 0 amide bonds. The number of hydrogen-bond acceptors (Lipinski definition) is 3. The Balaban J connectivity index is 2.73. The maximum atomic E-state index is 9.14. The fraction of sp³-hybridized carbons (Fsp3) is 0.500. The minimum absolute atomic E-state index is 0.130. The fourth-order valence-corrected chi connectivity index (χ4v) is 1.32.